The zero-order valence-corrected chi connectivity index (χ0v) is 16.9. The molecule has 27 heavy (non-hydrogen) atoms. The molecule has 0 radical (unpaired) electrons. The fraction of sp³-hybridized carbons (Fsp3) is 0.520. The van der Waals surface area contributed by atoms with E-state index in [-0.39, 0.29) is 11.2 Å². The second-order valence-electron chi connectivity index (χ2n) is 9.31. The van der Waals surface area contributed by atoms with E-state index in [1.807, 2.05) is 6.07 Å². The SMILES string of the molecule is CC(C)(C)c1ccc(OC2CCCC2)c(-c2cccc(F)c2C2CCC2)c1. The molecule has 2 aromatic rings. The van der Waals surface area contributed by atoms with Gasteiger partial charge >= 0.3 is 0 Å². The number of halogens is 1. The Balaban J connectivity index is 1.83. The van der Waals surface area contributed by atoms with Gasteiger partial charge in [-0.25, -0.2) is 4.39 Å². The van der Waals surface area contributed by atoms with Gasteiger partial charge in [0, 0.05) is 5.56 Å². The molecule has 0 bridgehead atoms. The fourth-order valence-electron chi connectivity index (χ4n) is 4.38. The van der Waals surface area contributed by atoms with Gasteiger partial charge in [0.1, 0.15) is 11.6 Å². The van der Waals surface area contributed by atoms with E-state index in [9.17, 15) is 4.39 Å². The van der Waals surface area contributed by atoms with Crippen LogP contribution in [0, 0.1) is 5.82 Å². The average Bonchev–Trinajstić information content (AvgIpc) is 3.07. The highest BCUT2D eigenvalue weighted by atomic mass is 19.1. The number of hydrogen-bond acceptors (Lipinski definition) is 1. The maximum Gasteiger partial charge on any atom is 0.127 e. The molecular formula is C25H31FO. The van der Waals surface area contributed by atoms with Crippen molar-refractivity contribution in [3.8, 4) is 16.9 Å². The normalized spacial score (nSPS) is 18.5. The molecule has 4 rings (SSSR count). The molecule has 2 saturated carbocycles. The van der Waals surface area contributed by atoms with Crippen molar-refractivity contribution < 1.29 is 9.13 Å². The first-order chi connectivity index (χ1) is 12.9. The predicted molar refractivity (Wildman–Crippen MR) is 110 cm³/mol. The molecule has 1 nitrogen and oxygen atoms in total. The third-order valence-electron chi connectivity index (χ3n) is 6.30. The van der Waals surface area contributed by atoms with Gasteiger partial charge in [-0.1, -0.05) is 45.4 Å². The Morgan fingerprint density at radius 2 is 1.63 bits per heavy atom. The van der Waals surface area contributed by atoms with E-state index in [0.717, 1.165) is 48.1 Å². The van der Waals surface area contributed by atoms with Crippen molar-refractivity contribution in [2.45, 2.75) is 83.2 Å². The third kappa shape index (κ3) is 3.77. The van der Waals surface area contributed by atoms with Crippen molar-refractivity contribution in [3.05, 3.63) is 53.3 Å². The van der Waals surface area contributed by atoms with Crippen LogP contribution in [0.2, 0.25) is 0 Å². The van der Waals surface area contributed by atoms with Gasteiger partial charge in [0.25, 0.3) is 0 Å². The zero-order chi connectivity index (χ0) is 19.0. The molecule has 0 aromatic heterocycles. The van der Waals surface area contributed by atoms with Crippen LogP contribution >= 0.6 is 0 Å². The van der Waals surface area contributed by atoms with E-state index < -0.39 is 0 Å². The molecule has 0 unspecified atom stereocenters. The van der Waals surface area contributed by atoms with Gasteiger partial charge < -0.3 is 4.74 Å². The lowest BCUT2D eigenvalue weighted by molar-refractivity contribution is 0.211. The summed E-state index contributed by atoms with van der Waals surface area (Å²) in [5, 5.41) is 0. The quantitative estimate of drug-likeness (QED) is 0.548. The molecule has 0 saturated heterocycles. The Kier molecular flexibility index (Phi) is 5.01. The molecule has 2 heteroatoms. The van der Waals surface area contributed by atoms with Gasteiger partial charge in [-0.3, -0.25) is 0 Å². The summed E-state index contributed by atoms with van der Waals surface area (Å²) < 4.78 is 21.3. The molecule has 2 aromatic carbocycles. The molecule has 144 valence electrons. The van der Waals surface area contributed by atoms with E-state index in [1.54, 1.807) is 6.07 Å². The Morgan fingerprint density at radius 1 is 0.889 bits per heavy atom. The monoisotopic (exact) mass is 366 g/mol. The summed E-state index contributed by atoms with van der Waals surface area (Å²) in [6.45, 7) is 6.67. The second-order valence-corrected chi connectivity index (χ2v) is 9.31. The summed E-state index contributed by atoms with van der Waals surface area (Å²) in [5.74, 6) is 1.20. The number of ether oxygens (including phenoxy) is 1. The molecule has 2 aliphatic carbocycles. The summed E-state index contributed by atoms with van der Waals surface area (Å²) in [6.07, 6.45) is 8.41. The van der Waals surface area contributed by atoms with Crippen molar-refractivity contribution in [2.24, 2.45) is 0 Å². The second kappa shape index (κ2) is 7.30. The Morgan fingerprint density at radius 3 is 2.26 bits per heavy atom. The molecule has 0 atom stereocenters. The van der Waals surface area contributed by atoms with E-state index in [0.29, 0.717) is 12.0 Å². The first-order valence-electron chi connectivity index (χ1n) is 10.5. The van der Waals surface area contributed by atoms with E-state index in [2.05, 4.69) is 45.0 Å². The highest BCUT2D eigenvalue weighted by Crippen LogP contribution is 2.45. The minimum atomic E-state index is -0.0646. The van der Waals surface area contributed by atoms with Gasteiger partial charge in [-0.15, -0.1) is 0 Å². The predicted octanol–water partition coefficient (Wildman–Crippen LogP) is 7.38. The average molecular weight is 367 g/mol. The van der Waals surface area contributed by atoms with E-state index >= 15 is 0 Å². The molecule has 2 fully saturated rings. The third-order valence-corrected chi connectivity index (χ3v) is 6.30. The number of hydrogen-bond donors (Lipinski definition) is 0. The van der Waals surface area contributed by atoms with Gasteiger partial charge in [-0.05, 0) is 84.7 Å². The smallest absolute Gasteiger partial charge is 0.127 e. The number of rotatable bonds is 4. The van der Waals surface area contributed by atoms with Crippen LogP contribution in [-0.4, -0.2) is 6.10 Å². The first kappa shape index (κ1) is 18.5. The maximum atomic E-state index is 14.8. The van der Waals surface area contributed by atoms with Crippen molar-refractivity contribution >= 4 is 0 Å². The molecule has 2 aliphatic rings. The van der Waals surface area contributed by atoms with Crippen LogP contribution < -0.4 is 4.74 Å². The summed E-state index contributed by atoms with van der Waals surface area (Å²) in [6, 6.07) is 12.1. The molecule has 0 N–H and O–H groups in total. The van der Waals surface area contributed by atoms with Crippen molar-refractivity contribution in [1.29, 1.82) is 0 Å². The molecule has 0 heterocycles. The largest absolute Gasteiger partial charge is 0.490 e. The Hall–Kier alpha value is -1.83. The van der Waals surface area contributed by atoms with Gasteiger partial charge in [0.05, 0.1) is 6.10 Å². The van der Waals surface area contributed by atoms with Crippen LogP contribution in [0.25, 0.3) is 11.1 Å². The summed E-state index contributed by atoms with van der Waals surface area (Å²) in [5.41, 5.74) is 4.30. The lowest BCUT2D eigenvalue weighted by atomic mass is 9.76. The lowest BCUT2D eigenvalue weighted by Gasteiger charge is -2.30. The van der Waals surface area contributed by atoms with Crippen molar-refractivity contribution in [2.75, 3.05) is 0 Å². The minimum absolute atomic E-state index is 0.0462. The standard InChI is InChI=1S/C25H31FO/c1-25(2,3)18-14-15-23(27-19-10-4-5-11-19)21(16-18)20-12-7-13-22(26)24(20)17-8-6-9-17/h7,12-17,19H,4-6,8-11H2,1-3H3. The lowest BCUT2D eigenvalue weighted by Crippen LogP contribution is -2.15. The minimum Gasteiger partial charge on any atom is -0.490 e. The zero-order valence-electron chi connectivity index (χ0n) is 16.9. The maximum absolute atomic E-state index is 14.8. The highest BCUT2D eigenvalue weighted by molar-refractivity contribution is 5.75. The first-order valence-corrected chi connectivity index (χ1v) is 10.5. The van der Waals surface area contributed by atoms with Crippen LogP contribution in [0.4, 0.5) is 4.39 Å². The molecular weight excluding hydrogens is 335 g/mol. The highest BCUT2D eigenvalue weighted by Gasteiger charge is 2.28. The molecule has 0 spiro atoms. The van der Waals surface area contributed by atoms with Gasteiger partial charge in [0.15, 0.2) is 0 Å². The summed E-state index contributed by atoms with van der Waals surface area (Å²) >= 11 is 0. The van der Waals surface area contributed by atoms with Crippen molar-refractivity contribution in [1.82, 2.24) is 0 Å². The van der Waals surface area contributed by atoms with Gasteiger partial charge in [-0.2, -0.15) is 0 Å². The van der Waals surface area contributed by atoms with Gasteiger partial charge in [0.2, 0.25) is 0 Å². The summed E-state index contributed by atoms with van der Waals surface area (Å²) in [7, 11) is 0. The fourth-order valence-corrected chi connectivity index (χ4v) is 4.38. The molecule has 0 amide bonds. The van der Waals surface area contributed by atoms with E-state index in [1.165, 1.54) is 24.8 Å². The topological polar surface area (TPSA) is 9.23 Å². The number of benzene rings is 2. The summed E-state index contributed by atoms with van der Waals surface area (Å²) in [4.78, 5) is 0. The van der Waals surface area contributed by atoms with Crippen LogP contribution in [0.1, 0.15) is 82.8 Å². The Labute approximate surface area is 163 Å². The van der Waals surface area contributed by atoms with Crippen molar-refractivity contribution in [3.63, 3.8) is 0 Å². The van der Waals surface area contributed by atoms with Crippen LogP contribution in [0.3, 0.4) is 0 Å². The van der Waals surface area contributed by atoms with Crippen LogP contribution in [0.5, 0.6) is 5.75 Å². The Bertz CT molecular complexity index is 808. The van der Waals surface area contributed by atoms with Crippen LogP contribution in [0.15, 0.2) is 36.4 Å². The van der Waals surface area contributed by atoms with Crippen LogP contribution in [-0.2, 0) is 5.41 Å². The molecule has 0 aliphatic heterocycles. The van der Waals surface area contributed by atoms with E-state index in [4.69, 9.17) is 4.74 Å².